The van der Waals surface area contributed by atoms with Gasteiger partial charge < -0.3 is 9.30 Å². The summed E-state index contributed by atoms with van der Waals surface area (Å²) < 4.78 is 9.05. The van der Waals surface area contributed by atoms with E-state index in [1.54, 1.807) is 19.4 Å². The molecular weight excluding hydrogens is 436 g/mol. The van der Waals surface area contributed by atoms with Crippen LogP contribution in [0.1, 0.15) is 0 Å². The highest BCUT2D eigenvalue weighted by atomic mass is 16.5. The molecule has 0 aliphatic rings. The van der Waals surface area contributed by atoms with Crippen LogP contribution >= 0.6 is 0 Å². The molecular formula is C28H20N6O. The largest absolute Gasteiger partial charge is 0.481 e. The number of aryl methyl sites for hydroxylation is 1. The van der Waals surface area contributed by atoms with Gasteiger partial charge in [-0.3, -0.25) is 9.55 Å². The average Bonchev–Trinajstić information content (AvgIpc) is 3.20. The molecule has 6 rings (SSSR count). The lowest BCUT2D eigenvalue weighted by atomic mass is 9.99. The number of fused-ring (bicyclic) bond motifs is 4. The Morgan fingerprint density at radius 1 is 0.886 bits per heavy atom. The summed E-state index contributed by atoms with van der Waals surface area (Å²) in [7, 11) is 3.46. The van der Waals surface area contributed by atoms with Crippen molar-refractivity contribution < 1.29 is 4.74 Å². The molecule has 3 heterocycles. The number of hydrogen-bond acceptors (Lipinski definition) is 5. The van der Waals surface area contributed by atoms with E-state index in [9.17, 15) is 5.26 Å². The molecule has 6 aromatic rings. The first-order valence-corrected chi connectivity index (χ1v) is 11.1. The molecule has 0 aliphatic carbocycles. The van der Waals surface area contributed by atoms with E-state index >= 15 is 0 Å². The fourth-order valence-electron chi connectivity index (χ4n) is 4.59. The minimum Gasteiger partial charge on any atom is -0.481 e. The Morgan fingerprint density at radius 2 is 1.69 bits per heavy atom. The van der Waals surface area contributed by atoms with E-state index in [-0.39, 0.29) is 0 Å². The third-order valence-corrected chi connectivity index (χ3v) is 6.33. The normalized spacial score (nSPS) is 11.9. The molecule has 0 saturated carbocycles. The quantitative estimate of drug-likeness (QED) is 0.346. The van der Waals surface area contributed by atoms with Crippen LogP contribution in [0.15, 0.2) is 90.2 Å². The summed E-state index contributed by atoms with van der Waals surface area (Å²) in [6, 6.07) is 24.8. The minimum absolute atomic E-state index is 0.486. The molecule has 0 spiro atoms. The monoisotopic (exact) mass is 456 g/mol. The van der Waals surface area contributed by atoms with Crippen LogP contribution in [-0.4, -0.2) is 26.2 Å². The number of nitriles is 1. The van der Waals surface area contributed by atoms with Crippen LogP contribution in [0.4, 0.5) is 0 Å². The number of aromatic nitrogens is 4. The van der Waals surface area contributed by atoms with E-state index < -0.39 is 0 Å². The number of nitrogens with zero attached hydrogens (tertiary/aromatic N) is 6. The molecule has 0 amide bonds. The van der Waals surface area contributed by atoms with Gasteiger partial charge in [-0.05, 0) is 46.2 Å². The molecule has 0 fully saturated rings. The van der Waals surface area contributed by atoms with Gasteiger partial charge in [-0.2, -0.15) is 5.26 Å². The van der Waals surface area contributed by atoms with Crippen LogP contribution in [-0.2, 0) is 7.05 Å². The Kier molecular flexibility index (Phi) is 4.78. The number of rotatable bonds is 3. The zero-order valence-electron chi connectivity index (χ0n) is 19.2. The van der Waals surface area contributed by atoms with Crippen molar-refractivity contribution in [2.45, 2.75) is 0 Å². The second kappa shape index (κ2) is 8.12. The van der Waals surface area contributed by atoms with E-state index in [0.717, 1.165) is 38.8 Å². The Hall–Kier alpha value is -4.96. The van der Waals surface area contributed by atoms with E-state index in [4.69, 9.17) is 9.72 Å². The lowest BCUT2D eigenvalue weighted by Crippen LogP contribution is -2.22. The highest BCUT2D eigenvalue weighted by molar-refractivity contribution is 6.05. The van der Waals surface area contributed by atoms with Crippen molar-refractivity contribution in [1.82, 2.24) is 19.1 Å². The van der Waals surface area contributed by atoms with Gasteiger partial charge in [0.1, 0.15) is 0 Å². The molecule has 0 radical (unpaired) electrons. The smallest absolute Gasteiger partial charge is 0.226 e. The summed E-state index contributed by atoms with van der Waals surface area (Å²) in [5.74, 6) is 0.512. The van der Waals surface area contributed by atoms with Crippen molar-refractivity contribution in [3.63, 3.8) is 0 Å². The topological polar surface area (TPSA) is 81.0 Å². The summed E-state index contributed by atoms with van der Waals surface area (Å²) in [5.41, 5.74) is 6.08. The highest BCUT2D eigenvalue weighted by Crippen LogP contribution is 2.31. The number of methoxy groups -OCH3 is 1. The minimum atomic E-state index is 0.486. The van der Waals surface area contributed by atoms with E-state index in [2.05, 4.69) is 58.5 Å². The Bertz CT molecular complexity index is 1860. The molecule has 168 valence electrons. The van der Waals surface area contributed by atoms with Gasteiger partial charge in [0.25, 0.3) is 0 Å². The van der Waals surface area contributed by atoms with Crippen LogP contribution in [0, 0.1) is 11.5 Å². The summed E-state index contributed by atoms with van der Waals surface area (Å²) in [5, 5.41) is 12.8. The van der Waals surface area contributed by atoms with Gasteiger partial charge in [0.05, 0.1) is 41.7 Å². The van der Waals surface area contributed by atoms with Crippen LogP contribution in [0.5, 0.6) is 5.88 Å². The van der Waals surface area contributed by atoms with Gasteiger partial charge in [-0.1, -0.05) is 42.5 Å². The van der Waals surface area contributed by atoms with Gasteiger partial charge in [-0.25, -0.2) is 4.98 Å². The summed E-state index contributed by atoms with van der Waals surface area (Å²) >= 11 is 0. The second-order valence-electron chi connectivity index (χ2n) is 8.25. The summed E-state index contributed by atoms with van der Waals surface area (Å²) in [6.45, 7) is 0. The van der Waals surface area contributed by atoms with Crippen LogP contribution < -0.4 is 10.4 Å². The van der Waals surface area contributed by atoms with E-state index in [1.807, 2.05) is 46.8 Å². The Morgan fingerprint density at radius 3 is 2.46 bits per heavy atom. The zero-order valence-corrected chi connectivity index (χ0v) is 19.2. The fraction of sp³-hybridized carbons (Fsp3) is 0.0714. The third-order valence-electron chi connectivity index (χ3n) is 6.33. The summed E-state index contributed by atoms with van der Waals surface area (Å²) in [4.78, 5) is 13.2. The van der Waals surface area contributed by atoms with Crippen molar-refractivity contribution in [2.24, 2.45) is 12.0 Å². The van der Waals surface area contributed by atoms with Crippen molar-refractivity contribution in [1.29, 1.82) is 5.26 Å². The lowest BCUT2D eigenvalue weighted by Gasteiger charge is -2.09. The maximum absolute atomic E-state index is 9.42. The molecule has 0 atom stereocenters. The van der Waals surface area contributed by atoms with Crippen molar-refractivity contribution in [2.75, 3.05) is 7.11 Å². The van der Waals surface area contributed by atoms with Gasteiger partial charge in [-0.15, -0.1) is 4.99 Å². The third kappa shape index (κ3) is 3.31. The van der Waals surface area contributed by atoms with Gasteiger partial charge in [0.2, 0.25) is 17.7 Å². The first-order chi connectivity index (χ1) is 17.2. The van der Waals surface area contributed by atoms with Gasteiger partial charge in [0.15, 0.2) is 0 Å². The van der Waals surface area contributed by atoms with Gasteiger partial charge in [0, 0.05) is 18.5 Å². The molecule has 0 saturated heterocycles. The lowest BCUT2D eigenvalue weighted by molar-refractivity contribution is 0.398. The molecule has 0 aliphatic heterocycles. The standard InChI is InChI=1S/C28H20N6O/c1-33-25-16-30-24-11-9-21(20-8-7-18-5-3-4-6-19(18)13-20)14-23(24)27(25)34(28(33)32-17-29)22-10-12-26(35-2)31-15-22/h3-16H,1-2H3/b32-28-. The number of hydrogen-bond donors (Lipinski definition) is 0. The molecule has 3 aromatic heterocycles. The van der Waals surface area contributed by atoms with E-state index in [0.29, 0.717) is 11.5 Å². The molecule has 0 N–H and O–H groups in total. The molecule has 3 aromatic carbocycles. The van der Waals surface area contributed by atoms with Crippen molar-refractivity contribution in [3.8, 4) is 28.9 Å². The van der Waals surface area contributed by atoms with Crippen LogP contribution in [0.2, 0.25) is 0 Å². The van der Waals surface area contributed by atoms with Crippen molar-refractivity contribution >= 4 is 32.7 Å². The molecule has 0 unspecified atom stereocenters. The number of imidazole rings is 1. The Labute approximate surface area is 200 Å². The number of pyridine rings is 2. The molecule has 0 bridgehead atoms. The van der Waals surface area contributed by atoms with E-state index in [1.165, 1.54) is 10.8 Å². The first kappa shape index (κ1) is 20.6. The van der Waals surface area contributed by atoms with Crippen LogP contribution in [0.3, 0.4) is 0 Å². The Balaban J connectivity index is 1.67. The zero-order chi connectivity index (χ0) is 23.9. The predicted molar refractivity (Wildman–Crippen MR) is 136 cm³/mol. The van der Waals surface area contributed by atoms with Crippen molar-refractivity contribution in [3.05, 3.63) is 90.8 Å². The first-order valence-electron chi connectivity index (χ1n) is 11.1. The maximum atomic E-state index is 9.42. The van der Waals surface area contributed by atoms with Crippen LogP contribution in [0.25, 0.3) is 49.5 Å². The maximum Gasteiger partial charge on any atom is 0.226 e. The molecule has 7 nitrogen and oxygen atoms in total. The predicted octanol–water partition coefficient (Wildman–Crippen LogP) is 5.12. The fourth-order valence-corrected chi connectivity index (χ4v) is 4.59. The average molecular weight is 457 g/mol. The number of ether oxygens (including phenoxy) is 1. The molecule has 35 heavy (non-hydrogen) atoms. The second-order valence-corrected chi connectivity index (χ2v) is 8.25. The highest BCUT2D eigenvalue weighted by Gasteiger charge is 2.16. The molecule has 7 heteroatoms. The number of benzene rings is 3. The van der Waals surface area contributed by atoms with Gasteiger partial charge >= 0.3 is 0 Å². The SMILES string of the molecule is COc1ccc(-n2/c(=N\C#N)n(C)c3cnc4ccc(-c5ccc6ccccc6c5)cc4c32)cn1. The summed E-state index contributed by atoms with van der Waals surface area (Å²) in [6.07, 6.45) is 5.47.